The fourth-order valence-electron chi connectivity index (χ4n) is 1.62. The van der Waals surface area contributed by atoms with E-state index in [-0.39, 0.29) is 6.03 Å². The van der Waals surface area contributed by atoms with Crippen LogP contribution in [0.3, 0.4) is 0 Å². The number of nitrogens with zero attached hydrogens (tertiary/aromatic N) is 3. The van der Waals surface area contributed by atoms with Crippen molar-refractivity contribution in [1.29, 1.82) is 0 Å². The molecule has 0 aliphatic carbocycles. The van der Waals surface area contributed by atoms with E-state index in [1.54, 1.807) is 24.8 Å². The van der Waals surface area contributed by atoms with E-state index in [1.165, 1.54) is 10.9 Å². The zero-order valence-corrected chi connectivity index (χ0v) is 8.79. The van der Waals surface area contributed by atoms with Gasteiger partial charge in [0.25, 0.3) is 0 Å². The predicted octanol–water partition coefficient (Wildman–Crippen LogP) is 1.84. The van der Waals surface area contributed by atoms with E-state index in [2.05, 4.69) is 20.3 Å². The van der Waals surface area contributed by atoms with Gasteiger partial charge in [-0.15, -0.1) is 0 Å². The summed E-state index contributed by atoms with van der Waals surface area (Å²) in [6.45, 7) is 0. The van der Waals surface area contributed by atoms with Gasteiger partial charge in [-0.1, -0.05) is 0 Å². The fraction of sp³-hybridized carbons (Fsp3) is 0. The molecule has 3 aromatic rings. The van der Waals surface area contributed by atoms with Crippen molar-refractivity contribution >= 4 is 22.8 Å². The van der Waals surface area contributed by atoms with Gasteiger partial charge < -0.3 is 10.3 Å². The van der Waals surface area contributed by atoms with Crippen molar-refractivity contribution in [2.24, 2.45) is 0 Å². The van der Waals surface area contributed by atoms with Gasteiger partial charge in [-0.3, -0.25) is 4.57 Å². The fourth-order valence-corrected chi connectivity index (χ4v) is 1.62. The first-order chi connectivity index (χ1) is 8.34. The minimum Gasteiger partial charge on any atom is -0.344 e. The lowest BCUT2D eigenvalue weighted by Crippen LogP contribution is -2.17. The number of imidazole rings is 1. The molecule has 6 nitrogen and oxygen atoms in total. The second kappa shape index (κ2) is 3.75. The van der Waals surface area contributed by atoms with Gasteiger partial charge in [0, 0.05) is 30.2 Å². The first-order valence-electron chi connectivity index (χ1n) is 5.06. The zero-order chi connectivity index (χ0) is 11.7. The number of nitrogens with one attached hydrogen (secondary N) is 2. The summed E-state index contributed by atoms with van der Waals surface area (Å²) in [7, 11) is 0. The SMILES string of the molecule is O=C(Nc1c[nH]c2ncccc12)n1ccnc1. The van der Waals surface area contributed by atoms with Crippen LogP contribution in [0.2, 0.25) is 0 Å². The number of rotatable bonds is 1. The average molecular weight is 227 g/mol. The van der Waals surface area contributed by atoms with E-state index >= 15 is 0 Å². The molecule has 0 aromatic carbocycles. The number of anilines is 1. The molecule has 84 valence electrons. The zero-order valence-electron chi connectivity index (χ0n) is 8.79. The van der Waals surface area contributed by atoms with Crippen molar-refractivity contribution in [3.63, 3.8) is 0 Å². The van der Waals surface area contributed by atoms with E-state index in [4.69, 9.17) is 0 Å². The van der Waals surface area contributed by atoms with Crippen molar-refractivity contribution in [3.8, 4) is 0 Å². The molecule has 0 spiro atoms. The van der Waals surface area contributed by atoms with Crippen LogP contribution in [0.4, 0.5) is 10.5 Å². The van der Waals surface area contributed by atoms with E-state index < -0.39 is 0 Å². The van der Waals surface area contributed by atoms with E-state index in [0.29, 0.717) is 5.69 Å². The second-order valence-electron chi connectivity index (χ2n) is 3.50. The molecule has 1 amide bonds. The number of hydrogen-bond acceptors (Lipinski definition) is 3. The average Bonchev–Trinajstić information content (AvgIpc) is 2.98. The molecule has 0 aliphatic heterocycles. The van der Waals surface area contributed by atoms with Gasteiger partial charge >= 0.3 is 6.03 Å². The summed E-state index contributed by atoms with van der Waals surface area (Å²) < 4.78 is 1.37. The van der Waals surface area contributed by atoms with Crippen molar-refractivity contribution < 1.29 is 4.79 Å². The summed E-state index contributed by atoms with van der Waals surface area (Å²) in [5.74, 6) is 0. The number of pyridine rings is 1. The van der Waals surface area contributed by atoms with Crippen molar-refractivity contribution in [3.05, 3.63) is 43.2 Å². The Bertz CT molecular complexity index is 655. The van der Waals surface area contributed by atoms with Crippen LogP contribution in [0.5, 0.6) is 0 Å². The molecule has 6 heteroatoms. The number of fused-ring (bicyclic) bond motifs is 1. The summed E-state index contributed by atoms with van der Waals surface area (Å²) in [4.78, 5) is 22.7. The minimum absolute atomic E-state index is 0.257. The molecule has 3 aromatic heterocycles. The molecule has 0 aliphatic rings. The maximum absolute atomic E-state index is 11.8. The Labute approximate surface area is 96.3 Å². The van der Waals surface area contributed by atoms with Crippen LogP contribution in [0.15, 0.2) is 43.2 Å². The largest absolute Gasteiger partial charge is 0.344 e. The van der Waals surface area contributed by atoms with E-state index in [1.807, 2.05) is 12.1 Å². The molecule has 3 heterocycles. The maximum Gasteiger partial charge on any atom is 0.331 e. The third-order valence-electron chi connectivity index (χ3n) is 2.43. The molecule has 2 N–H and O–H groups in total. The smallest absolute Gasteiger partial charge is 0.331 e. The van der Waals surface area contributed by atoms with Crippen molar-refractivity contribution in [2.75, 3.05) is 5.32 Å². The van der Waals surface area contributed by atoms with Crippen LogP contribution in [0, 0.1) is 0 Å². The number of H-pyrrole nitrogens is 1. The Morgan fingerprint density at radius 3 is 3.18 bits per heavy atom. The number of carbonyl (C=O) groups is 1. The van der Waals surface area contributed by atoms with Gasteiger partial charge in [0.15, 0.2) is 0 Å². The van der Waals surface area contributed by atoms with Crippen LogP contribution < -0.4 is 5.32 Å². The molecule has 0 atom stereocenters. The monoisotopic (exact) mass is 227 g/mol. The maximum atomic E-state index is 11.8. The normalized spacial score (nSPS) is 10.6. The number of hydrogen-bond donors (Lipinski definition) is 2. The topological polar surface area (TPSA) is 75.6 Å². The third kappa shape index (κ3) is 1.65. The molecular formula is C11H9N5O. The van der Waals surface area contributed by atoms with Crippen molar-refractivity contribution in [2.45, 2.75) is 0 Å². The van der Waals surface area contributed by atoms with Crippen molar-refractivity contribution in [1.82, 2.24) is 19.5 Å². The van der Waals surface area contributed by atoms with Gasteiger partial charge in [0.1, 0.15) is 12.0 Å². The minimum atomic E-state index is -0.257. The molecule has 3 rings (SSSR count). The predicted molar refractivity (Wildman–Crippen MR) is 62.7 cm³/mol. The summed E-state index contributed by atoms with van der Waals surface area (Å²) in [5.41, 5.74) is 1.44. The van der Waals surface area contributed by atoms with Crippen LogP contribution >= 0.6 is 0 Å². The van der Waals surface area contributed by atoms with Crippen LogP contribution in [0.25, 0.3) is 11.0 Å². The highest BCUT2D eigenvalue weighted by molar-refractivity contribution is 6.00. The summed E-state index contributed by atoms with van der Waals surface area (Å²) in [5, 5.41) is 3.66. The van der Waals surface area contributed by atoms with E-state index in [9.17, 15) is 4.79 Å². The van der Waals surface area contributed by atoms with Gasteiger partial charge in [-0.05, 0) is 12.1 Å². The summed E-state index contributed by atoms with van der Waals surface area (Å²) >= 11 is 0. The molecule has 0 radical (unpaired) electrons. The lowest BCUT2D eigenvalue weighted by Gasteiger charge is -2.02. The first-order valence-corrected chi connectivity index (χ1v) is 5.06. The number of aromatic nitrogens is 4. The number of amides is 1. The molecule has 0 fully saturated rings. The summed E-state index contributed by atoms with van der Waals surface area (Å²) in [6.07, 6.45) is 7.99. The van der Waals surface area contributed by atoms with Gasteiger partial charge in [-0.25, -0.2) is 14.8 Å². The second-order valence-corrected chi connectivity index (χ2v) is 3.50. The van der Waals surface area contributed by atoms with Crippen LogP contribution in [-0.2, 0) is 0 Å². The highest BCUT2D eigenvalue weighted by atomic mass is 16.2. The van der Waals surface area contributed by atoms with Gasteiger partial charge in [0.2, 0.25) is 0 Å². The lowest BCUT2D eigenvalue weighted by atomic mass is 10.3. The Morgan fingerprint density at radius 1 is 1.41 bits per heavy atom. The third-order valence-corrected chi connectivity index (χ3v) is 2.43. The Kier molecular flexibility index (Phi) is 2.11. The summed E-state index contributed by atoms with van der Waals surface area (Å²) in [6, 6.07) is 3.46. The standard InChI is InChI=1S/C11H9N5O/c17-11(16-5-4-12-7-16)15-9-6-14-10-8(9)2-1-3-13-10/h1-7H,(H,13,14)(H,15,17). The number of carbonyl (C=O) groups excluding carboxylic acids is 1. The van der Waals surface area contributed by atoms with Crippen LogP contribution in [0.1, 0.15) is 0 Å². The lowest BCUT2D eigenvalue weighted by molar-refractivity contribution is 0.253. The molecule has 17 heavy (non-hydrogen) atoms. The van der Waals surface area contributed by atoms with Gasteiger partial charge in [-0.2, -0.15) is 0 Å². The number of aromatic amines is 1. The van der Waals surface area contributed by atoms with Gasteiger partial charge in [0.05, 0.1) is 5.69 Å². The molecular weight excluding hydrogens is 218 g/mol. The Morgan fingerprint density at radius 2 is 2.35 bits per heavy atom. The molecule has 0 saturated heterocycles. The highest BCUT2D eigenvalue weighted by Crippen LogP contribution is 2.20. The Balaban J connectivity index is 1.93. The highest BCUT2D eigenvalue weighted by Gasteiger charge is 2.08. The first kappa shape index (κ1) is 9.59. The molecule has 0 bridgehead atoms. The van der Waals surface area contributed by atoms with Crippen LogP contribution in [-0.4, -0.2) is 25.6 Å². The molecule has 0 saturated carbocycles. The van der Waals surface area contributed by atoms with E-state index in [0.717, 1.165) is 11.0 Å². The quantitative estimate of drug-likeness (QED) is 0.666. The molecule has 0 unspecified atom stereocenters. The Hall–Kier alpha value is -2.63.